The van der Waals surface area contributed by atoms with Crippen molar-refractivity contribution >= 4 is 0 Å². The highest BCUT2D eigenvalue weighted by Gasteiger charge is 2.11. The Balaban J connectivity index is 3.69. The third-order valence-corrected chi connectivity index (χ3v) is 2.29. The number of ether oxygens (including phenoxy) is 1. The minimum atomic E-state index is -0.0545. The van der Waals surface area contributed by atoms with Gasteiger partial charge in [-0.1, -0.05) is 6.08 Å². The molecular formula is C12H26N2O. The first kappa shape index (κ1) is 14.6. The molecule has 0 radical (unpaired) electrons. The van der Waals surface area contributed by atoms with E-state index in [0.717, 1.165) is 39.1 Å². The standard InChI is InChI=1S/C12H26N2O/c1-5-8-14(10-11-15-4)9-6-7-12(2,3)13/h5H,1,6-11,13H2,2-4H3. The zero-order valence-electron chi connectivity index (χ0n) is 10.5. The summed E-state index contributed by atoms with van der Waals surface area (Å²) in [4.78, 5) is 2.34. The Hall–Kier alpha value is -0.380. The van der Waals surface area contributed by atoms with Gasteiger partial charge in [0, 0.05) is 25.7 Å². The van der Waals surface area contributed by atoms with Crippen molar-refractivity contribution in [1.82, 2.24) is 4.90 Å². The van der Waals surface area contributed by atoms with E-state index in [1.54, 1.807) is 7.11 Å². The largest absolute Gasteiger partial charge is 0.383 e. The molecule has 15 heavy (non-hydrogen) atoms. The first-order valence-corrected chi connectivity index (χ1v) is 5.60. The second-order valence-corrected chi connectivity index (χ2v) is 4.67. The smallest absolute Gasteiger partial charge is 0.0589 e. The summed E-state index contributed by atoms with van der Waals surface area (Å²) < 4.78 is 5.07. The molecule has 0 unspecified atom stereocenters. The molecule has 2 N–H and O–H groups in total. The highest BCUT2D eigenvalue weighted by atomic mass is 16.5. The fourth-order valence-corrected chi connectivity index (χ4v) is 1.46. The van der Waals surface area contributed by atoms with E-state index in [0.29, 0.717) is 0 Å². The Bertz CT molecular complexity index is 163. The molecule has 0 aliphatic rings. The molecule has 0 spiro atoms. The summed E-state index contributed by atoms with van der Waals surface area (Å²) in [5, 5.41) is 0. The minimum absolute atomic E-state index is 0.0545. The second-order valence-electron chi connectivity index (χ2n) is 4.67. The topological polar surface area (TPSA) is 38.5 Å². The van der Waals surface area contributed by atoms with Gasteiger partial charge in [-0.05, 0) is 33.2 Å². The molecule has 0 rings (SSSR count). The van der Waals surface area contributed by atoms with Crippen molar-refractivity contribution in [3.63, 3.8) is 0 Å². The van der Waals surface area contributed by atoms with Crippen molar-refractivity contribution in [1.29, 1.82) is 0 Å². The van der Waals surface area contributed by atoms with Gasteiger partial charge < -0.3 is 10.5 Å². The SMILES string of the molecule is C=CCN(CCCC(C)(C)N)CCOC. The molecule has 0 fully saturated rings. The highest BCUT2D eigenvalue weighted by Crippen LogP contribution is 2.07. The second kappa shape index (κ2) is 7.85. The van der Waals surface area contributed by atoms with Gasteiger partial charge in [0.15, 0.2) is 0 Å². The molecule has 0 aromatic heterocycles. The summed E-state index contributed by atoms with van der Waals surface area (Å²) in [6.07, 6.45) is 4.11. The maximum Gasteiger partial charge on any atom is 0.0589 e. The van der Waals surface area contributed by atoms with Crippen molar-refractivity contribution in [2.45, 2.75) is 32.2 Å². The molecule has 90 valence electrons. The van der Waals surface area contributed by atoms with E-state index >= 15 is 0 Å². The van der Waals surface area contributed by atoms with Gasteiger partial charge in [-0.25, -0.2) is 0 Å². The molecule has 0 amide bonds. The Labute approximate surface area is 94.3 Å². The van der Waals surface area contributed by atoms with E-state index in [1.807, 2.05) is 6.08 Å². The average molecular weight is 214 g/mol. The van der Waals surface area contributed by atoms with Gasteiger partial charge in [-0.3, -0.25) is 4.90 Å². The summed E-state index contributed by atoms with van der Waals surface area (Å²) in [6, 6.07) is 0. The lowest BCUT2D eigenvalue weighted by Gasteiger charge is -2.23. The predicted molar refractivity (Wildman–Crippen MR) is 66.0 cm³/mol. The van der Waals surface area contributed by atoms with Crippen LogP contribution in [0.15, 0.2) is 12.7 Å². The van der Waals surface area contributed by atoms with Crippen LogP contribution in [0.3, 0.4) is 0 Å². The van der Waals surface area contributed by atoms with E-state index in [4.69, 9.17) is 10.5 Å². The number of rotatable bonds is 9. The number of methoxy groups -OCH3 is 1. The summed E-state index contributed by atoms with van der Waals surface area (Å²) in [5.41, 5.74) is 5.88. The van der Waals surface area contributed by atoms with Crippen molar-refractivity contribution in [3.05, 3.63) is 12.7 Å². The lowest BCUT2D eigenvalue weighted by molar-refractivity contribution is 0.152. The van der Waals surface area contributed by atoms with Crippen LogP contribution in [0.1, 0.15) is 26.7 Å². The van der Waals surface area contributed by atoms with Gasteiger partial charge in [-0.15, -0.1) is 6.58 Å². The highest BCUT2D eigenvalue weighted by molar-refractivity contribution is 4.76. The number of nitrogens with two attached hydrogens (primary N) is 1. The Morgan fingerprint density at radius 1 is 1.40 bits per heavy atom. The molecule has 3 nitrogen and oxygen atoms in total. The normalized spacial score (nSPS) is 12.1. The minimum Gasteiger partial charge on any atom is -0.383 e. The lowest BCUT2D eigenvalue weighted by Crippen LogP contribution is -2.34. The molecule has 0 bridgehead atoms. The van der Waals surface area contributed by atoms with Gasteiger partial charge in [0.05, 0.1) is 6.61 Å². The van der Waals surface area contributed by atoms with Gasteiger partial charge in [0.1, 0.15) is 0 Å². The maximum atomic E-state index is 5.93. The van der Waals surface area contributed by atoms with Gasteiger partial charge >= 0.3 is 0 Å². The molecule has 0 aromatic rings. The van der Waals surface area contributed by atoms with Crippen LogP contribution >= 0.6 is 0 Å². The van der Waals surface area contributed by atoms with E-state index in [9.17, 15) is 0 Å². The molecule has 0 saturated heterocycles. The molecule has 0 heterocycles. The maximum absolute atomic E-state index is 5.93. The van der Waals surface area contributed by atoms with Crippen LogP contribution in [0.5, 0.6) is 0 Å². The zero-order valence-corrected chi connectivity index (χ0v) is 10.5. The summed E-state index contributed by atoms with van der Waals surface area (Å²) in [7, 11) is 1.73. The van der Waals surface area contributed by atoms with Crippen LogP contribution in [-0.4, -0.2) is 43.8 Å². The van der Waals surface area contributed by atoms with E-state index in [-0.39, 0.29) is 5.54 Å². The van der Waals surface area contributed by atoms with Crippen molar-refractivity contribution in [3.8, 4) is 0 Å². The van der Waals surface area contributed by atoms with E-state index < -0.39 is 0 Å². The van der Waals surface area contributed by atoms with Crippen LogP contribution < -0.4 is 5.73 Å². The summed E-state index contributed by atoms with van der Waals surface area (Å²) in [6.45, 7) is 11.6. The number of hydrogen-bond donors (Lipinski definition) is 1. The molecule has 0 atom stereocenters. The van der Waals surface area contributed by atoms with Crippen LogP contribution in [0.2, 0.25) is 0 Å². The third kappa shape index (κ3) is 9.91. The van der Waals surface area contributed by atoms with Crippen LogP contribution in [-0.2, 0) is 4.74 Å². The molecule has 0 aliphatic heterocycles. The first-order chi connectivity index (χ1) is 6.99. The van der Waals surface area contributed by atoms with Crippen molar-refractivity contribution in [2.24, 2.45) is 5.73 Å². The average Bonchev–Trinajstić information content (AvgIpc) is 2.12. The lowest BCUT2D eigenvalue weighted by atomic mass is 10.00. The molecule has 0 aromatic carbocycles. The fourth-order valence-electron chi connectivity index (χ4n) is 1.46. The summed E-state index contributed by atoms with van der Waals surface area (Å²) >= 11 is 0. The molecular weight excluding hydrogens is 188 g/mol. The molecule has 3 heteroatoms. The van der Waals surface area contributed by atoms with Crippen molar-refractivity contribution < 1.29 is 4.74 Å². The first-order valence-electron chi connectivity index (χ1n) is 5.60. The number of nitrogens with zero attached hydrogens (tertiary/aromatic N) is 1. The monoisotopic (exact) mass is 214 g/mol. The van der Waals surface area contributed by atoms with Crippen LogP contribution in [0, 0.1) is 0 Å². The molecule has 0 aliphatic carbocycles. The number of hydrogen-bond acceptors (Lipinski definition) is 3. The quantitative estimate of drug-likeness (QED) is 0.593. The van der Waals surface area contributed by atoms with Crippen molar-refractivity contribution in [2.75, 3.05) is 33.4 Å². The zero-order chi connectivity index (χ0) is 11.7. The Morgan fingerprint density at radius 3 is 2.53 bits per heavy atom. The Morgan fingerprint density at radius 2 is 2.07 bits per heavy atom. The van der Waals surface area contributed by atoms with Crippen LogP contribution in [0.25, 0.3) is 0 Å². The predicted octanol–water partition coefficient (Wildman–Crippen LogP) is 1.64. The van der Waals surface area contributed by atoms with Gasteiger partial charge in [0.25, 0.3) is 0 Å². The van der Waals surface area contributed by atoms with Gasteiger partial charge in [0.2, 0.25) is 0 Å². The van der Waals surface area contributed by atoms with Crippen LogP contribution in [0.4, 0.5) is 0 Å². The Kier molecular flexibility index (Phi) is 7.65. The summed E-state index contributed by atoms with van der Waals surface area (Å²) in [5.74, 6) is 0. The van der Waals surface area contributed by atoms with E-state index in [1.165, 1.54) is 0 Å². The fraction of sp³-hybridized carbons (Fsp3) is 0.833. The van der Waals surface area contributed by atoms with E-state index in [2.05, 4.69) is 25.3 Å². The third-order valence-electron chi connectivity index (χ3n) is 2.29. The van der Waals surface area contributed by atoms with Gasteiger partial charge in [-0.2, -0.15) is 0 Å². The molecule has 0 saturated carbocycles.